The second kappa shape index (κ2) is 5.44. The quantitative estimate of drug-likeness (QED) is 0.503. The van der Waals surface area contributed by atoms with Crippen LogP contribution in [0.4, 0.5) is 22.0 Å². The van der Waals surface area contributed by atoms with E-state index in [1.54, 1.807) is 26.0 Å². The van der Waals surface area contributed by atoms with E-state index in [0.717, 1.165) is 5.56 Å². The highest BCUT2D eigenvalue weighted by molar-refractivity contribution is 5.39. The molecular formula is C15H11F5O. The molecule has 0 fully saturated rings. The second-order valence-corrected chi connectivity index (χ2v) is 4.75. The van der Waals surface area contributed by atoms with Crippen molar-refractivity contribution < 1.29 is 27.1 Å². The number of rotatable bonds is 2. The van der Waals surface area contributed by atoms with E-state index in [0.29, 0.717) is 5.56 Å². The average molecular weight is 302 g/mol. The Balaban J connectivity index is 2.66. The Kier molecular flexibility index (Phi) is 4.00. The van der Waals surface area contributed by atoms with E-state index in [-0.39, 0.29) is 5.56 Å². The van der Waals surface area contributed by atoms with E-state index in [2.05, 4.69) is 0 Å². The van der Waals surface area contributed by atoms with E-state index < -0.39 is 40.8 Å². The van der Waals surface area contributed by atoms with Gasteiger partial charge in [-0.25, -0.2) is 22.0 Å². The third-order valence-corrected chi connectivity index (χ3v) is 3.24. The lowest BCUT2D eigenvalue weighted by Gasteiger charge is -2.17. The molecule has 2 aromatic rings. The van der Waals surface area contributed by atoms with Crippen molar-refractivity contribution in [1.29, 1.82) is 0 Å². The summed E-state index contributed by atoms with van der Waals surface area (Å²) in [5.74, 6) is -10.5. The zero-order chi connectivity index (χ0) is 15.9. The molecular weight excluding hydrogens is 291 g/mol. The van der Waals surface area contributed by atoms with Crippen molar-refractivity contribution >= 4 is 0 Å². The molecule has 0 aliphatic rings. The molecule has 2 aromatic carbocycles. The van der Waals surface area contributed by atoms with Crippen LogP contribution < -0.4 is 0 Å². The summed E-state index contributed by atoms with van der Waals surface area (Å²) < 4.78 is 66.7. The van der Waals surface area contributed by atoms with Crippen molar-refractivity contribution in [3.63, 3.8) is 0 Å². The highest BCUT2D eigenvalue weighted by atomic mass is 19.2. The summed E-state index contributed by atoms with van der Waals surface area (Å²) in [6.45, 7) is 3.33. The third-order valence-electron chi connectivity index (χ3n) is 3.24. The number of hydrogen-bond donors (Lipinski definition) is 1. The highest BCUT2D eigenvalue weighted by Gasteiger charge is 2.30. The first-order valence-corrected chi connectivity index (χ1v) is 6.02. The molecule has 0 bridgehead atoms. The van der Waals surface area contributed by atoms with Crippen LogP contribution in [-0.4, -0.2) is 5.11 Å². The van der Waals surface area contributed by atoms with Gasteiger partial charge in [0.1, 0.15) is 6.10 Å². The Labute approximate surface area is 117 Å². The van der Waals surface area contributed by atoms with Gasteiger partial charge in [-0.1, -0.05) is 23.8 Å². The topological polar surface area (TPSA) is 20.2 Å². The minimum absolute atomic E-state index is 0.0730. The van der Waals surface area contributed by atoms with Gasteiger partial charge < -0.3 is 5.11 Å². The first-order chi connectivity index (χ1) is 9.75. The van der Waals surface area contributed by atoms with Crippen LogP contribution in [0.15, 0.2) is 18.2 Å². The molecule has 1 atom stereocenters. The Morgan fingerprint density at radius 1 is 0.810 bits per heavy atom. The molecule has 0 amide bonds. The van der Waals surface area contributed by atoms with E-state index in [9.17, 15) is 27.1 Å². The Hall–Kier alpha value is -1.95. The van der Waals surface area contributed by atoms with Crippen LogP contribution in [0, 0.1) is 42.9 Å². The summed E-state index contributed by atoms with van der Waals surface area (Å²) in [4.78, 5) is 0. The van der Waals surface area contributed by atoms with Crippen LogP contribution in [0.3, 0.4) is 0 Å². The Morgan fingerprint density at radius 2 is 1.29 bits per heavy atom. The predicted molar refractivity (Wildman–Crippen MR) is 66.2 cm³/mol. The molecule has 0 heterocycles. The minimum Gasteiger partial charge on any atom is -0.383 e. The monoisotopic (exact) mass is 302 g/mol. The van der Waals surface area contributed by atoms with Gasteiger partial charge in [0.25, 0.3) is 0 Å². The lowest BCUT2D eigenvalue weighted by atomic mass is 9.95. The maximum absolute atomic E-state index is 13.7. The molecule has 0 aromatic heterocycles. The molecule has 0 saturated heterocycles. The summed E-state index contributed by atoms with van der Waals surface area (Å²) in [6.07, 6.45) is -1.95. The summed E-state index contributed by atoms with van der Waals surface area (Å²) in [7, 11) is 0. The minimum atomic E-state index is -2.25. The van der Waals surface area contributed by atoms with Crippen molar-refractivity contribution in [2.24, 2.45) is 0 Å². The molecule has 0 aliphatic carbocycles. The van der Waals surface area contributed by atoms with E-state index >= 15 is 0 Å². The maximum atomic E-state index is 13.7. The average Bonchev–Trinajstić information content (AvgIpc) is 2.43. The number of hydrogen-bond acceptors (Lipinski definition) is 1. The fourth-order valence-corrected chi connectivity index (χ4v) is 2.15. The van der Waals surface area contributed by atoms with Crippen LogP contribution in [-0.2, 0) is 0 Å². The highest BCUT2D eigenvalue weighted by Crippen LogP contribution is 2.32. The van der Waals surface area contributed by atoms with Crippen LogP contribution >= 0.6 is 0 Å². The van der Waals surface area contributed by atoms with E-state index in [1.807, 2.05) is 0 Å². The number of benzene rings is 2. The zero-order valence-corrected chi connectivity index (χ0v) is 11.1. The second-order valence-electron chi connectivity index (χ2n) is 4.75. The van der Waals surface area contributed by atoms with E-state index in [1.165, 1.54) is 6.07 Å². The molecule has 1 unspecified atom stereocenters. The lowest BCUT2D eigenvalue weighted by Crippen LogP contribution is -2.13. The van der Waals surface area contributed by atoms with Crippen LogP contribution in [0.2, 0.25) is 0 Å². The zero-order valence-electron chi connectivity index (χ0n) is 11.1. The number of halogens is 5. The van der Waals surface area contributed by atoms with Gasteiger partial charge in [-0.3, -0.25) is 0 Å². The standard InChI is InChI=1S/C15H11F5O/c1-6-3-4-8(7(2)5-6)15(21)9-10(16)12(18)14(20)13(19)11(9)17/h3-5,15,21H,1-2H3. The molecule has 112 valence electrons. The largest absolute Gasteiger partial charge is 0.383 e. The molecule has 2 rings (SSSR count). The van der Waals surface area contributed by atoms with Crippen molar-refractivity contribution in [3.8, 4) is 0 Å². The Morgan fingerprint density at radius 3 is 1.76 bits per heavy atom. The van der Waals surface area contributed by atoms with Crippen LogP contribution in [0.25, 0.3) is 0 Å². The summed E-state index contributed by atoms with van der Waals surface area (Å²) in [6, 6.07) is 4.58. The van der Waals surface area contributed by atoms with Gasteiger partial charge in [-0.05, 0) is 25.0 Å². The van der Waals surface area contributed by atoms with Crippen molar-refractivity contribution in [1.82, 2.24) is 0 Å². The molecule has 1 nitrogen and oxygen atoms in total. The molecule has 0 aliphatic heterocycles. The van der Waals surface area contributed by atoms with Gasteiger partial charge >= 0.3 is 0 Å². The fourth-order valence-electron chi connectivity index (χ4n) is 2.15. The molecule has 1 N–H and O–H groups in total. The van der Waals surface area contributed by atoms with Gasteiger partial charge in [-0.15, -0.1) is 0 Å². The van der Waals surface area contributed by atoms with Gasteiger partial charge in [0.15, 0.2) is 23.3 Å². The molecule has 0 radical (unpaired) electrons. The number of aryl methyl sites for hydroxylation is 2. The molecule has 0 saturated carbocycles. The van der Waals surface area contributed by atoms with Crippen LogP contribution in [0.5, 0.6) is 0 Å². The Bertz CT molecular complexity index is 683. The van der Waals surface area contributed by atoms with Crippen molar-refractivity contribution in [2.45, 2.75) is 20.0 Å². The van der Waals surface area contributed by atoms with Gasteiger partial charge in [0, 0.05) is 0 Å². The van der Waals surface area contributed by atoms with Crippen LogP contribution in [0.1, 0.15) is 28.4 Å². The smallest absolute Gasteiger partial charge is 0.200 e. The van der Waals surface area contributed by atoms with Gasteiger partial charge in [0.2, 0.25) is 5.82 Å². The lowest BCUT2D eigenvalue weighted by molar-refractivity contribution is 0.202. The van der Waals surface area contributed by atoms with Gasteiger partial charge in [-0.2, -0.15) is 0 Å². The summed E-state index contributed by atoms with van der Waals surface area (Å²) in [5, 5.41) is 10.0. The third kappa shape index (κ3) is 2.51. The van der Waals surface area contributed by atoms with E-state index in [4.69, 9.17) is 0 Å². The molecule has 6 heteroatoms. The van der Waals surface area contributed by atoms with Crippen molar-refractivity contribution in [3.05, 3.63) is 69.5 Å². The maximum Gasteiger partial charge on any atom is 0.200 e. The summed E-state index contributed by atoms with van der Waals surface area (Å²) in [5.41, 5.74) is 0.134. The fraction of sp³-hybridized carbons (Fsp3) is 0.200. The normalized spacial score (nSPS) is 12.6. The summed E-state index contributed by atoms with van der Waals surface area (Å²) >= 11 is 0. The first-order valence-electron chi connectivity index (χ1n) is 6.02. The SMILES string of the molecule is Cc1ccc(C(O)c2c(F)c(F)c(F)c(F)c2F)c(C)c1. The predicted octanol–water partition coefficient (Wildman–Crippen LogP) is 4.08. The first kappa shape index (κ1) is 15.4. The molecule has 0 spiro atoms. The number of aliphatic hydroxyl groups is 1. The van der Waals surface area contributed by atoms with Crippen molar-refractivity contribution in [2.75, 3.05) is 0 Å². The van der Waals surface area contributed by atoms with Gasteiger partial charge in [0.05, 0.1) is 5.56 Å². The number of aliphatic hydroxyl groups excluding tert-OH is 1. The molecule has 21 heavy (non-hydrogen) atoms.